The van der Waals surface area contributed by atoms with Crippen LogP contribution in [0.15, 0.2) is 18.2 Å². The Morgan fingerprint density at radius 1 is 0.972 bits per heavy atom. The Balaban J connectivity index is 3.64. The van der Waals surface area contributed by atoms with Gasteiger partial charge in [0.2, 0.25) is 11.8 Å². The van der Waals surface area contributed by atoms with Crippen LogP contribution in [0, 0.1) is 19.8 Å². The highest BCUT2D eigenvalue weighted by Crippen LogP contribution is 2.34. The summed E-state index contributed by atoms with van der Waals surface area (Å²) < 4.78 is 10.1. The number of carbonyl (C=O) groups excluding carboxylic acids is 4. The van der Waals surface area contributed by atoms with Crippen molar-refractivity contribution in [3.63, 3.8) is 0 Å². The summed E-state index contributed by atoms with van der Waals surface area (Å²) in [5, 5.41) is 5.32. The minimum atomic E-state index is -1.06. The molecule has 0 spiro atoms. The molecule has 0 fully saturated rings. The molecule has 0 bridgehead atoms. The van der Waals surface area contributed by atoms with Gasteiger partial charge in [0.15, 0.2) is 0 Å². The number of rotatable bonds is 8. The van der Waals surface area contributed by atoms with Crippen molar-refractivity contribution in [3.8, 4) is 0 Å². The molecule has 0 saturated carbocycles. The van der Waals surface area contributed by atoms with Crippen molar-refractivity contribution >= 4 is 23.9 Å². The van der Waals surface area contributed by atoms with E-state index >= 15 is 0 Å². The standard InChI is InChI=1S/C27H43N3O6/c1-16(2)21(29-25(34)36-27(8,9)10)24(33)30(26(5,6)7)22(23(32)28-15-19(31)35-11)20-17(3)13-12-14-18(20)4/h12-14,16,21-22H,15H2,1-11H3,(H,28,32)(H,29,34). The summed E-state index contributed by atoms with van der Waals surface area (Å²) in [6, 6.07) is 3.59. The third kappa shape index (κ3) is 8.53. The maximum atomic E-state index is 14.2. The fourth-order valence-electron chi connectivity index (χ4n) is 3.91. The highest BCUT2D eigenvalue weighted by molar-refractivity contribution is 5.94. The molecule has 2 atom stereocenters. The number of aryl methyl sites for hydroxylation is 2. The van der Waals surface area contributed by atoms with Gasteiger partial charge in [0.1, 0.15) is 24.2 Å². The topological polar surface area (TPSA) is 114 Å². The van der Waals surface area contributed by atoms with Crippen molar-refractivity contribution in [1.82, 2.24) is 15.5 Å². The Morgan fingerprint density at radius 3 is 1.92 bits per heavy atom. The highest BCUT2D eigenvalue weighted by Gasteiger charge is 2.43. The van der Waals surface area contributed by atoms with Gasteiger partial charge in [0.25, 0.3) is 0 Å². The van der Waals surface area contributed by atoms with Crippen molar-refractivity contribution in [2.24, 2.45) is 5.92 Å². The number of hydrogen-bond acceptors (Lipinski definition) is 6. The second-order valence-electron chi connectivity index (χ2n) is 11.2. The van der Waals surface area contributed by atoms with Gasteiger partial charge < -0.3 is 25.0 Å². The summed E-state index contributed by atoms with van der Waals surface area (Å²) in [5.41, 5.74) is 0.713. The number of nitrogens with one attached hydrogen (secondary N) is 2. The number of hydrogen-bond donors (Lipinski definition) is 2. The molecule has 0 aliphatic rings. The van der Waals surface area contributed by atoms with Gasteiger partial charge in [-0.15, -0.1) is 0 Å². The summed E-state index contributed by atoms with van der Waals surface area (Å²) in [7, 11) is 1.23. The maximum Gasteiger partial charge on any atom is 0.408 e. The molecule has 1 aromatic rings. The van der Waals surface area contributed by atoms with E-state index in [4.69, 9.17) is 4.74 Å². The third-order valence-corrected chi connectivity index (χ3v) is 5.52. The largest absolute Gasteiger partial charge is 0.468 e. The molecule has 2 N–H and O–H groups in total. The number of nitrogens with zero attached hydrogens (tertiary/aromatic N) is 1. The molecular weight excluding hydrogens is 462 g/mol. The number of alkyl carbamates (subject to hydrolysis) is 1. The van der Waals surface area contributed by atoms with Gasteiger partial charge in [-0.2, -0.15) is 0 Å². The van der Waals surface area contributed by atoms with Crippen LogP contribution >= 0.6 is 0 Å². The first-order chi connectivity index (χ1) is 16.4. The van der Waals surface area contributed by atoms with Gasteiger partial charge in [-0.25, -0.2) is 4.79 Å². The van der Waals surface area contributed by atoms with E-state index in [1.165, 1.54) is 12.0 Å². The molecule has 0 heterocycles. The van der Waals surface area contributed by atoms with Crippen LogP contribution in [0.25, 0.3) is 0 Å². The SMILES string of the molecule is COC(=O)CNC(=O)C(c1c(C)cccc1C)N(C(=O)C(NC(=O)OC(C)(C)C)C(C)C)C(C)(C)C. The van der Waals surface area contributed by atoms with Crippen molar-refractivity contribution in [1.29, 1.82) is 0 Å². The van der Waals surface area contributed by atoms with Crippen LogP contribution < -0.4 is 10.6 Å². The van der Waals surface area contributed by atoms with Crippen LogP contribution in [-0.4, -0.2) is 59.6 Å². The zero-order valence-corrected chi connectivity index (χ0v) is 23.6. The fraction of sp³-hybridized carbons (Fsp3) is 0.630. The predicted molar refractivity (Wildman–Crippen MR) is 138 cm³/mol. The Bertz CT molecular complexity index is 939. The van der Waals surface area contributed by atoms with E-state index in [0.29, 0.717) is 5.56 Å². The fourth-order valence-corrected chi connectivity index (χ4v) is 3.91. The van der Waals surface area contributed by atoms with Gasteiger partial charge in [0, 0.05) is 5.54 Å². The quantitative estimate of drug-likeness (QED) is 0.520. The van der Waals surface area contributed by atoms with Gasteiger partial charge >= 0.3 is 12.1 Å². The van der Waals surface area contributed by atoms with Crippen LogP contribution in [0.2, 0.25) is 0 Å². The Kier molecular flexibility index (Phi) is 10.5. The third-order valence-electron chi connectivity index (χ3n) is 5.52. The Morgan fingerprint density at radius 2 is 1.50 bits per heavy atom. The van der Waals surface area contributed by atoms with Gasteiger partial charge in [0.05, 0.1) is 7.11 Å². The number of amides is 3. The summed E-state index contributed by atoms with van der Waals surface area (Å²) in [4.78, 5) is 53.6. The average Bonchev–Trinajstić information content (AvgIpc) is 2.71. The molecule has 36 heavy (non-hydrogen) atoms. The number of benzene rings is 1. The first-order valence-corrected chi connectivity index (χ1v) is 12.1. The summed E-state index contributed by atoms with van der Waals surface area (Å²) >= 11 is 0. The molecule has 3 amide bonds. The molecule has 9 heteroatoms. The predicted octanol–water partition coefficient (Wildman–Crippen LogP) is 3.81. The monoisotopic (exact) mass is 505 g/mol. The molecule has 202 valence electrons. The van der Waals surface area contributed by atoms with Gasteiger partial charge in [-0.1, -0.05) is 32.0 Å². The molecule has 0 aromatic heterocycles. The van der Waals surface area contributed by atoms with E-state index in [2.05, 4.69) is 15.4 Å². The van der Waals surface area contributed by atoms with Crippen LogP contribution in [0.1, 0.15) is 78.1 Å². The minimum Gasteiger partial charge on any atom is -0.468 e. The minimum absolute atomic E-state index is 0.299. The van der Waals surface area contributed by atoms with E-state index in [0.717, 1.165) is 11.1 Å². The zero-order valence-electron chi connectivity index (χ0n) is 23.6. The van der Waals surface area contributed by atoms with E-state index in [1.807, 2.05) is 66.7 Å². The second kappa shape index (κ2) is 12.2. The first-order valence-electron chi connectivity index (χ1n) is 12.1. The highest BCUT2D eigenvalue weighted by atomic mass is 16.6. The van der Waals surface area contributed by atoms with Crippen molar-refractivity contribution in [2.75, 3.05) is 13.7 Å². The van der Waals surface area contributed by atoms with Gasteiger partial charge in [-0.3, -0.25) is 14.4 Å². The summed E-state index contributed by atoms with van der Waals surface area (Å²) in [6.07, 6.45) is -0.720. The first kappa shape index (κ1) is 30.9. The number of esters is 1. The van der Waals surface area contributed by atoms with Crippen molar-refractivity contribution < 1.29 is 28.7 Å². The summed E-state index contributed by atoms with van der Waals surface area (Å²) in [6.45, 7) is 17.7. The normalized spacial score (nSPS) is 13.4. The molecule has 0 aliphatic carbocycles. The molecule has 1 aromatic carbocycles. The zero-order chi connectivity index (χ0) is 28.0. The van der Waals surface area contributed by atoms with E-state index in [-0.39, 0.29) is 12.5 Å². The average molecular weight is 506 g/mol. The van der Waals surface area contributed by atoms with E-state index in [1.54, 1.807) is 20.8 Å². The molecule has 1 rings (SSSR count). The van der Waals surface area contributed by atoms with Crippen LogP contribution in [0.3, 0.4) is 0 Å². The van der Waals surface area contributed by atoms with Crippen LogP contribution in [-0.2, 0) is 23.9 Å². The van der Waals surface area contributed by atoms with E-state index < -0.39 is 47.1 Å². The summed E-state index contributed by atoms with van der Waals surface area (Å²) in [5.74, 6) is -1.87. The van der Waals surface area contributed by atoms with Crippen LogP contribution in [0.4, 0.5) is 4.79 Å². The lowest BCUT2D eigenvalue weighted by atomic mass is 9.89. The molecule has 2 unspecified atom stereocenters. The Labute approximate surface area is 215 Å². The molecule has 0 saturated heterocycles. The molecule has 9 nitrogen and oxygen atoms in total. The second-order valence-corrected chi connectivity index (χ2v) is 11.2. The Hall–Kier alpha value is -3.10. The number of carbonyl (C=O) groups is 4. The molecular formula is C27H43N3O6. The van der Waals surface area contributed by atoms with Gasteiger partial charge in [-0.05, 0) is 78.0 Å². The smallest absolute Gasteiger partial charge is 0.408 e. The number of methoxy groups -OCH3 is 1. The lowest BCUT2D eigenvalue weighted by Gasteiger charge is -2.44. The number of ether oxygens (including phenoxy) is 2. The van der Waals surface area contributed by atoms with Crippen molar-refractivity contribution in [3.05, 3.63) is 34.9 Å². The lowest BCUT2D eigenvalue weighted by molar-refractivity contribution is -0.150. The van der Waals surface area contributed by atoms with E-state index in [9.17, 15) is 19.2 Å². The van der Waals surface area contributed by atoms with Crippen molar-refractivity contribution in [2.45, 2.75) is 92.5 Å². The maximum absolute atomic E-state index is 14.2. The van der Waals surface area contributed by atoms with Crippen LogP contribution in [0.5, 0.6) is 0 Å². The lowest BCUT2D eigenvalue weighted by Crippen LogP contribution is -2.60. The molecule has 0 radical (unpaired) electrons. The molecule has 0 aliphatic heterocycles.